The highest BCUT2D eigenvalue weighted by Crippen LogP contribution is 2.46. The van der Waals surface area contributed by atoms with Crippen molar-refractivity contribution in [3.63, 3.8) is 0 Å². The summed E-state index contributed by atoms with van der Waals surface area (Å²) in [4.78, 5) is 16.8. The Morgan fingerprint density at radius 3 is 2.55 bits per heavy atom. The molecule has 1 aromatic rings. The Morgan fingerprint density at radius 2 is 1.91 bits per heavy atom. The molecule has 0 N–H and O–H groups in total. The van der Waals surface area contributed by atoms with Crippen LogP contribution in [0.3, 0.4) is 0 Å². The molecule has 4 rings (SSSR count). The average Bonchev–Trinajstić information content (AvgIpc) is 3.27. The number of carbonyl (C=O) groups excluding carboxylic acids is 1. The van der Waals surface area contributed by atoms with Crippen LogP contribution in [-0.2, 0) is 16.1 Å². The van der Waals surface area contributed by atoms with Gasteiger partial charge < -0.3 is 9.64 Å². The van der Waals surface area contributed by atoms with E-state index in [1.54, 1.807) is 0 Å². The zero-order valence-corrected chi connectivity index (χ0v) is 13.2. The van der Waals surface area contributed by atoms with Crippen LogP contribution in [0.25, 0.3) is 0 Å². The molecule has 0 radical (unpaired) electrons. The SMILES string of the molecule is CCN1CC(C2CN(Cc3ccccc3)C2)OC2(CC2)C1=O. The minimum Gasteiger partial charge on any atom is -0.360 e. The fourth-order valence-electron chi connectivity index (χ4n) is 3.74. The van der Waals surface area contributed by atoms with E-state index < -0.39 is 5.60 Å². The van der Waals surface area contributed by atoms with E-state index in [0.29, 0.717) is 5.92 Å². The fourth-order valence-corrected chi connectivity index (χ4v) is 3.74. The highest BCUT2D eigenvalue weighted by Gasteiger charge is 2.58. The van der Waals surface area contributed by atoms with Gasteiger partial charge in [-0.25, -0.2) is 0 Å². The zero-order valence-electron chi connectivity index (χ0n) is 13.2. The van der Waals surface area contributed by atoms with Gasteiger partial charge in [-0.1, -0.05) is 30.3 Å². The number of rotatable bonds is 4. The lowest BCUT2D eigenvalue weighted by Crippen LogP contribution is -2.61. The minimum absolute atomic E-state index is 0.228. The number of morpholine rings is 1. The third-order valence-electron chi connectivity index (χ3n) is 5.30. The van der Waals surface area contributed by atoms with E-state index in [0.717, 1.165) is 45.6 Å². The predicted molar refractivity (Wildman–Crippen MR) is 84.3 cm³/mol. The Labute approximate surface area is 132 Å². The van der Waals surface area contributed by atoms with Crippen molar-refractivity contribution in [2.45, 2.75) is 38.0 Å². The summed E-state index contributed by atoms with van der Waals surface area (Å²) in [6, 6.07) is 10.6. The molecular formula is C18H24N2O2. The number of amides is 1. The van der Waals surface area contributed by atoms with Gasteiger partial charge in [0.1, 0.15) is 5.60 Å². The largest absolute Gasteiger partial charge is 0.360 e. The number of likely N-dealkylation sites (N-methyl/N-ethyl adjacent to an activating group) is 1. The molecule has 1 saturated carbocycles. The van der Waals surface area contributed by atoms with Crippen LogP contribution in [0.5, 0.6) is 0 Å². The van der Waals surface area contributed by atoms with Gasteiger partial charge in [-0.05, 0) is 25.3 Å². The normalized spacial score (nSPS) is 28.0. The molecule has 4 nitrogen and oxygen atoms in total. The summed E-state index contributed by atoms with van der Waals surface area (Å²) in [5.41, 5.74) is 0.938. The lowest BCUT2D eigenvalue weighted by atomic mass is 9.91. The van der Waals surface area contributed by atoms with E-state index in [9.17, 15) is 4.79 Å². The molecule has 1 spiro atoms. The monoisotopic (exact) mass is 300 g/mol. The van der Waals surface area contributed by atoms with Gasteiger partial charge in [-0.3, -0.25) is 9.69 Å². The molecule has 22 heavy (non-hydrogen) atoms. The highest BCUT2D eigenvalue weighted by atomic mass is 16.5. The van der Waals surface area contributed by atoms with Crippen molar-refractivity contribution < 1.29 is 9.53 Å². The summed E-state index contributed by atoms with van der Waals surface area (Å²) >= 11 is 0. The van der Waals surface area contributed by atoms with Crippen LogP contribution in [0, 0.1) is 5.92 Å². The molecular weight excluding hydrogens is 276 g/mol. The van der Waals surface area contributed by atoms with E-state index >= 15 is 0 Å². The van der Waals surface area contributed by atoms with Crippen LogP contribution in [0.15, 0.2) is 30.3 Å². The van der Waals surface area contributed by atoms with Crippen LogP contribution >= 0.6 is 0 Å². The second-order valence-electron chi connectivity index (χ2n) is 6.93. The Balaban J connectivity index is 1.34. The van der Waals surface area contributed by atoms with E-state index in [1.165, 1.54) is 5.56 Å². The molecule has 3 fully saturated rings. The molecule has 118 valence electrons. The molecule has 0 bridgehead atoms. The maximum atomic E-state index is 12.3. The number of hydrogen-bond donors (Lipinski definition) is 0. The molecule has 1 atom stereocenters. The Kier molecular flexibility index (Phi) is 3.46. The number of carbonyl (C=O) groups is 1. The summed E-state index contributed by atoms with van der Waals surface area (Å²) < 4.78 is 6.21. The van der Waals surface area contributed by atoms with Gasteiger partial charge in [0.25, 0.3) is 5.91 Å². The zero-order chi connectivity index (χ0) is 15.2. The molecule has 4 heteroatoms. The van der Waals surface area contributed by atoms with Crippen molar-refractivity contribution in [3.05, 3.63) is 35.9 Å². The highest BCUT2D eigenvalue weighted by molar-refractivity contribution is 5.88. The van der Waals surface area contributed by atoms with Gasteiger partial charge in [-0.15, -0.1) is 0 Å². The van der Waals surface area contributed by atoms with Crippen molar-refractivity contribution in [1.29, 1.82) is 0 Å². The Hall–Kier alpha value is -1.39. The second-order valence-corrected chi connectivity index (χ2v) is 6.93. The van der Waals surface area contributed by atoms with Gasteiger partial charge in [0.15, 0.2) is 0 Å². The Morgan fingerprint density at radius 1 is 1.18 bits per heavy atom. The topological polar surface area (TPSA) is 32.8 Å². The molecule has 2 heterocycles. The lowest BCUT2D eigenvalue weighted by Gasteiger charge is -2.48. The van der Waals surface area contributed by atoms with Gasteiger partial charge in [0.05, 0.1) is 6.10 Å². The number of likely N-dealkylation sites (tertiary alicyclic amines) is 1. The molecule has 1 amide bonds. The molecule has 1 aliphatic carbocycles. The predicted octanol–water partition coefficient (Wildman–Crippen LogP) is 1.90. The van der Waals surface area contributed by atoms with Crippen LogP contribution in [0.2, 0.25) is 0 Å². The Bertz CT molecular complexity index is 549. The maximum absolute atomic E-state index is 12.3. The maximum Gasteiger partial charge on any atom is 0.254 e. The summed E-state index contributed by atoms with van der Waals surface area (Å²) in [5, 5.41) is 0. The summed E-state index contributed by atoms with van der Waals surface area (Å²) in [5.74, 6) is 0.801. The number of ether oxygens (including phenoxy) is 1. The molecule has 0 aromatic heterocycles. The number of hydrogen-bond acceptors (Lipinski definition) is 3. The van der Waals surface area contributed by atoms with E-state index in [4.69, 9.17) is 4.74 Å². The van der Waals surface area contributed by atoms with Crippen LogP contribution in [0.4, 0.5) is 0 Å². The number of nitrogens with zero attached hydrogens (tertiary/aromatic N) is 2. The first-order chi connectivity index (χ1) is 10.7. The third kappa shape index (κ3) is 2.44. The molecule has 2 saturated heterocycles. The molecule has 2 aliphatic heterocycles. The van der Waals surface area contributed by atoms with Crippen molar-refractivity contribution in [3.8, 4) is 0 Å². The van der Waals surface area contributed by atoms with Gasteiger partial charge >= 0.3 is 0 Å². The van der Waals surface area contributed by atoms with E-state index in [-0.39, 0.29) is 12.0 Å². The van der Waals surface area contributed by atoms with Crippen molar-refractivity contribution in [1.82, 2.24) is 9.80 Å². The van der Waals surface area contributed by atoms with E-state index in [1.807, 2.05) is 4.90 Å². The lowest BCUT2D eigenvalue weighted by molar-refractivity contribution is -0.179. The fraction of sp³-hybridized carbons (Fsp3) is 0.611. The number of benzene rings is 1. The van der Waals surface area contributed by atoms with Gasteiger partial charge in [0.2, 0.25) is 0 Å². The van der Waals surface area contributed by atoms with Crippen molar-refractivity contribution in [2.75, 3.05) is 26.2 Å². The van der Waals surface area contributed by atoms with Crippen molar-refractivity contribution >= 4 is 5.91 Å². The average molecular weight is 300 g/mol. The summed E-state index contributed by atoms with van der Waals surface area (Å²) in [6.07, 6.45) is 2.06. The van der Waals surface area contributed by atoms with Crippen LogP contribution in [0.1, 0.15) is 25.3 Å². The van der Waals surface area contributed by atoms with Crippen LogP contribution < -0.4 is 0 Å². The first-order valence-corrected chi connectivity index (χ1v) is 8.44. The molecule has 3 aliphatic rings. The van der Waals surface area contributed by atoms with Crippen molar-refractivity contribution in [2.24, 2.45) is 5.92 Å². The third-order valence-corrected chi connectivity index (χ3v) is 5.30. The van der Waals surface area contributed by atoms with E-state index in [2.05, 4.69) is 42.2 Å². The molecule has 1 unspecified atom stereocenters. The minimum atomic E-state index is -0.432. The van der Waals surface area contributed by atoms with Gasteiger partial charge in [-0.2, -0.15) is 0 Å². The summed E-state index contributed by atoms with van der Waals surface area (Å²) in [6.45, 7) is 6.84. The van der Waals surface area contributed by atoms with Gasteiger partial charge in [0, 0.05) is 38.6 Å². The first-order valence-electron chi connectivity index (χ1n) is 8.44. The summed E-state index contributed by atoms with van der Waals surface area (Å²) in [7, 11) is 0. The smallest absolute Gasteiger partial charge is 0.254 e. The quantitative estimate of drug-likeness (QED) is 0.851. The first kappa shape index (κ1) is 14.2. The second kappa shape index (κ2) is 5.36. The van der Waals surface area contributed by atoms with Crippen LogP contribution in [-0.4, -0.2) is 53.6 Å². The molecule has 1 aromatic carbocycles. The standard InChI is InChI=1S/C18H24N2O2/c1-2-20-13-16(22-18(8-9-18)17(20)21)15-11-19(12-15)10-14-6-4-3-5-7-14/h3-7,15-16H,2,8-13H2,1H3.